The molecule has 0 aliphatic carbocycles. The van der Waals surface area contributed by atoms with Gasteiger partial charge in [0.15, 0.2) is 16.6 Å². The minimum absolute atomic E-state index is 0.392. The van der Waals surface area contributed by atoms with E-state index in [1.165, 1.54) is 12.5 Å². The topological polar surface area (TPSA) is 54.0 Å². The molecule has 5 nitrogen and oxygen atoms in total. The number of esters is 1. The number of carbonyl (C=O) groups excluding carboxylic acids is 1. The molecule has 0 saturated carbocycles. The molecule has 194 valence electrons. The maximum atomic E-state index is 12.5. The van der Waals surface area contributed by atoms with Gasteiger partial charge >= 0.3 is 5.97 Å². The van der Waals surface area contributed by atoms with Crippen LogP contribution in [0.15, 0.2) is 48.5 Å². The average molecular weight is 517 g/mol. The molecule has 0 radical (unpaired) electrons. The van der Waals surface area contributed by atoms with Gasteiger partial charge in [0.05, 0.1) is 18.8 Å². The quantitative estimate of drug-likeness (QED) is 0.104. The maximum Gasteiger partial charge on any atom is 0.343 e. The van der Waals surface area contributed by atoms with E-state index in [2.05, 4.69) is 46.6 Å². The molecule has 0 N–H and O–H groups in total. The highest BCUT2D eigenvalue weighted by molar-refractivity contribution is 6.84. The molecule has 2 aromatic rings. The number of hydrogen-bond acceptors (Lipinski definition) is 5. The first-order valence-electron chi connectivity index (χ1n) is 12.9. The Morgan fingerprint density at radius 3 is 1.97 bits per heavy atom. The Hall–Kier alpha value is -2.10. The molecule has 0 aromatic heterocycles. The fourth-order valence-electron chi connectivity index (χ4n) is 3.71. The van der Waals surface area contributed by atoms with E-state index in [-0.39, 0.29) is 0 Å². The van der Waals surface area contributed by atoms with Crippen LogP contribution in [0.1, 0.15) is 49.9 Å². The molecule has 0 saturated heterocycles. The Bertz CT molecular complexity index is 889. The van der Waals surface area contributed by atoms with Gasteiger partial charge in [-0.1, -0.05) is 33.1 Å². The van der Waals surface area contributed by atoms with Crippen molar-refractivity contribution in [3.8, 4) is 17.2 Å². The number of ether oxygens (including phenoxy) is 3. The fourth-order valence-corrected chi connectivity index (χ4v) is 11.9. The van der Waals surface area contributed by atoms with Gasteiger partial charge in [-0.2, -0.15) is 0 Å². The van der Waals surface area contributed by atoms with Crippen LogP contribution in [-0.4, -0.2) is 35.8 Å². The fraction of sp³-hybridized carbons (Fsp3) is 0.536. The number of hydrogen-bond donors (Lipinski definition) is 0. The zero-order valence-electron chi connectivity index (χ0n) is 22.7. The lowest BCUT2D eigenvalue weighted by molar-refractivity contribution is 0.0734. The summed E-state index contributed by atoms with van der Waals surface area (Å²) in [5, 5.41) is 0. The molecule has 35 heavy (non-hydrogen) atoms. The summed E-state index contributed by atoms with van der Waals surface area (Å²) in [6.45, 7) is 17.1. The first-order chi connectivity index (χ1) is 16.5. The summed E-state index contributed by atoms with van der Waals surface area (Å²) in [6.07, 6.45) is 4.41. The molecule has 0 fully saturated rings. The van der Waals surface area contributed by atoms with E-state index in [9.17, 15) is 4.79 Å². The minimum Gasteiger partial charge on any atom is -0.494 e. The maximum absolute atomic E-state index is 12.5. The van der Waals surface area contributed by atoms with E-state index in [1.54, 1.807) is 24.3 Å². The van der Waals surface area contributed by atoms with Gasteiger partial charge in [-0.3, -0.25) is 0 Å². The van der Waals surface area contributed by atoms with Crippen molar-refractivity contribution in [3.05, 3.63) is 54.1 Å². The van der Waals surface area contributed by atoms with Gasteiger partial charge in [0.2, 0.25) is 0 Å². The Balaban J connectivity index is 1.70. The lowest BCUT2D eigenvalue weighted by atomic mass is 10.1. The molecule has 0 heterocycles. The second-order valence-corrected chi connectivity index (χ2v) is 19.9. The van der Waals surface area contributed by atoms with Crippen LogP contribution in [0.4, 0.5) is 0 Å². The van der Waals surface area contributed by atoms with Crippen molar-refractivity contribution in [1.82, 2.24) is 0 Å². The van der Waals surface area contributed by atoms with Crippen molar-refractivity contribution in [1.29, 1.82) is 0 Å². The summed E-state index contributed by atoms with van der Waals surface area (Å²) in [5.41, 5.74) is 0.490. The molecule has 0 unspecified atom stereocenters. The van der Waals surface area contributed by atoms with Gasteiger partial charge in [-0.15, -0.1) is 0 Å². The number of carbonyl (C=O) groups is 1. The standard InChI is InChI=1S/C28H44O5Si2/c1-8-23(2)22-31-26-16-18-27(19-17-26)32-28(29)24-12-14-25(15-13-24)30-20-10-9-11-21-35(6,7)33-34(3,4)5/h12-19,23H,8-11,20-22H2,1-7H3/t23-/m0/s1. The Labute approximate surface area is 214 Å². The van der Waals surface area contributed by atoms with Gasteiger partial charge in [-0.05, 0) is 99.6 Å². The van der Waals surface area contributed by atoms with Crippen LogP contribution in [0.3, 0.4) is 0 Å². The summed E-state index contributed by atoms with van der Waals surface area (Å²) < 4.78 is 23.5. The third kappa shape index (κ3) is 11.9. The van der Waals surface area contributed by atoms with Crippen molar-refractivity contribution in [2.75, 3.05) is 13.2 Å². The second-order valence-electron chi connectivity index (χ2n) is 10.8. The second kappa shape index (κ2) is 13.8. The monoisotopic (exact) mass is 516 g/mol. The minimum atomic E-state index is -1.55. The SMILES string of the molecule is CC[C@H](C)COc1ccc(OC(=O)c2ccc(OCCCCC[Si](C)(C)O[Si](C)(C)C)cc2)cc1. The van der Waals surface area contributed by atoms with Crippen LogP contribution in [0.5, 0.6) is 17.2 Å². The van der Waals surface area contributed by atoms with Crippen molar-refractivity contribution in [3.63, 3.8) is 0 Å². The highest BCUT2D eigenvalue weighted by Crippen LogP contribution is 2.22. The molecule has 7 heteroatoms. The smallest absolute Gasteiger partial charge is 0.343 e. The highest BCUT2D eigenvalue weighted by atomic mass is 28.4. The van der Waals surface area contributed by atoms with Crippen molar-refractivity contribution >= 4 is 22.6 Å². The van der Waals surface area contributed by atoms with E-state index in [0.29, 0.717) is 30.4 Å². The van der Waals surface area contributed by atoms with Crippen LogP contribution in [0.25, 0.3) is 0 Å². The third-order valence-corrected chi connectivity index (χ3v) is 11.8. The molecule has 0 spiro atoms. The van der Waals surface area contributed by atoms with Gasteiger partial charge in [0.25, 0.3) is 0 Å². The lowest BCUT2D eigenvalue weighted by Crippen LogP contribution is -2.42. The number of unbranched alkanes of at least 4 members (excludes halogenated alkanes) is 2. The summed E-state index contributed by atoms with van der Waals surface area (Å²) in [5.74, 6) is 2.15. The number of benzene rings is 2. The van der Waals surface area contributed by atoms with Crippen LogP contribution in [0.2, 0.25) is 38.8 Å². The van der Waals surface area contributed by atoms with Crippen LogP contribution >= 0.6 is 0 Å². The summed E-state index contributed by atoms with van der Waals surface area (Å²) in [6, 6.07) is 15.5. The molecular weight excluding hydrogens is 472 g/mol. The van der Waals surface area contributed by atoms with E-state index in [1.807, 2.05) is 24.3 Å². The molecule has 0 aliphatic rings. The predicted molar refractivity (Wildman–Crippen MR) is 149 cm³/mol. The molecule has 0 bridgehead atoms. The molecule has 2 aromatic carbocycles. The molecule has 1 atom stereocenters. The first-order valence-corrected chi connectivity index (χ1v) is 19.4. The van der Waals surface area contributed by atoms with Gasteiger partial charge in [0.1, 0.15) is 17.2 Å². The van der Waals surface area contributed by atoms with Crippen molar-refractivity contribution in [2.45, 2.75) is 78.3 Å². The predicted octanol–water partition coefficient (Wildman–Crippen LogP) is 7.94. The zero-order valence-corrected chi connectivity index (χ0v) is 24.7. The van der Waals surface area contributed by atoms with Crippen LogP contribution < -0.4 is 14.2 Å². The summed E-state index contributed by atoms with van der Waals surface area (Å²) in [4.78, 5) is 12.5. The summed E-state index contributed by atoms with van der Waals surface area (Å²) in [7, 11) is -3.01. The third-order valence-electron chi connectivity index (χ3n) is 5.63. The molecule has 0 amide bonds. The van der Waals surface area contributed by atoms with Gasteiger partial charge < -0.3 is 18.3 Å². The molecule has 0 aliphatic heterocycles. The Morgan fingerprint density at radius 2 is 1.37 bits per heavy atom. The van der Waals surface area contributed by atoms with Gasteiger partial charge in [-0.25, -0.2) is 4.79 Å². The first kappa shape index (κ1) is 29.1. The Morgan fingerprint density at radius 1 is 0.800 bits per heavy atom. The molecular formula is C28H44O5Si2. The van der Waals surface area contributed by atoms with Gasteiger partial charge in [0, 0.05) is 0 Å². The number of rotatable bonds is 15. The normalized spacial score (nSPS) is 12.8. The zero-order chi connectivity index (χ0) is 25.9. The molecule has 2 rings (SSSR count). The van der Waals surface area contributed by atoms with E-state index < -0.39 is 22.6 Å². The average Bonchev–Trinajstić information content (AvgIpc) is 2.79. The highest BCUT2D eigenvalue weighted by Gasteiger charge is 2.28. The lowest BCUT2D eigenvalue weighted by Gasteiger charge is -2.31. The van der Waals surface area contributed by atoms with E-state index >= 15 is 0 Å². The van der Waals surface area contributed by atoms with Crippen LogP contribution in [0, 0.1) is 5.92 Å². The van der Waals surface area contributed by atoms with E-state index in [0.717, 1.165) is 30.8 Å². The van der Waals surface area contributed by atoms with Crippen molar-refractivity contribution in [2.24, 2.45) is 5.92 Å². The van der Waals surface area contributed by atoms with Crippen molar-refractivity contribution < 1.29 is 23.1 Å². The largest absolute Gasteiger partial charge is 0.494 e. The Kier molecular flexibility index (Phi) is 11.5. The summed E-state index contributed by atoms with van der Waals surface area (Å²) >= 11 is 0. The van der Waals surface area contributed by atoms with Crippen LogP contribution in [-0.2, 0) is 4.12 Å². The van der Waals surface area contributed by atoms with E-state index in [4.69, 9.17) is 18.3 Å².